The Morgan fingerprint density at radius 2 is 2.40 bits per heavy atom. The van der Waals surface area contributed by atoms with Gasteiger partial charge in [0.25, 0.3) is 6.01 Å². The molecule has 0 amide bonds. The first-order chi connectivity index (χ1) is 6.98. The molecule has 0 spiro atoms. The van der Waals surface area contributed by atoms with Gasteiger partial charge in [0, 0.05) is 13.1 Å². The van der Waals surface area contributed by atoms with Crippen molar-refractivity contribution in [2.45, 2.75) is 20.3 Å². The van der Waals surface area contributed by atoms with Gasteiger partial charge in [-0.3, -0.25) is 0 Å². The summed E-state index contributed by atoms with van der Waals surface area (Å²) >= 11 is 0. The van der Waals surface area contributed by atoms with Crippen molar-refractivity contribution in [3.8, 4) is 0 Å². The maximum absolute atomic E-state index is 10.6. The van der Waals surface area contributed by atoms with Crippen molar-refractivity contribution >= 4 is 12.0 Å². The molecule has 0 bridgehead atoms. The number of hydrogen-bond acceptors (Lipinski definition) is 4. The molecular formula is C10H14N2O3. The molecule has 2 heterocycles. The molecule has 5 heteroatoms. The van der Waals surface area contributed by atoms with Crippen LogP contribution in [0.15, 0.2) is 10.7 Å². The summed E-state index contributed by atoms with van der Waals surface area (Å²) in [5, 5.41) is 8.70. The molecule has 0 saturated carbocycles. The van der Waals surface area contributed by atoms with Crippen LogP contribution in [0.1, 0.15) is 30.8 Å². The van der Waals surface area contributed by atoms with Gasteiger partial charge in [-0.25, -0.2) is 4.79 Å². The van der Waals surface area contributed by atoms with Crippen LogP contribution in [0.3, 0.4) is 0 Å². The molecule has 1 aromatic heterocycles. The van der Waals surface area contributed by atoms with Crippen molar-refractivity contribution in [3.05, 3.63) is 12.0 Å². The summed E-state index contributed by atoms with van der Waals surface area (Å²) in [5.74, 6) is -1.05. The Hall–Kier alpha value is -1.52. The van der Waals surface area contributed by atoms with Gasteiger partial charge < -0.3 is 14.4 Å². The molecule has 15 heavy (non-hydrogen) atoms. The van der Waals surface area contributed by atoms with Gasteiger partial charge in [-0.2, -0.15) is 4.98 Å². The molecule has 0 aliphatic carbocycles. The molecule has 1 aliphatic heterocycles. The number of rotatable bonds is 2. The minimum atomic E-state index is -1.05. The molecule has 0 atom stereocenters. The highest BCUT2D eigenvalue weighted by atomic mass is 16.4. The zero-order chi connectivity index (χ0) is 11.1. The highest BCUT2D eigenvalue weighted by Crippen LogP contribution is 2.31. The summed E-state index contributed by atoms with van der Waals surface area (Å²) in [6.07, 6.45) is 2.25. The number of oxazole rings is 1. The van der Waals surface area contributed by atoms with Crippen LogP contribution in [0.2, 0.25) is 0 Å². The van der Waals surface area contributed by atoms with Gasteiger partial charge in [0.05, 0.1) is 0 Å². The van der Waals surface area contributed by atoms with Crippen LogP contribution < -0.4 is 4.90 Å². The van der Waals surface area contributed by atoms with Gasteiger partial charge in [-0.1, -0.05) is 13.8 Å². The fourth-order valence-corrected chi connectivity index (χ4v) is 1.78. The molecule has 0 aromatic carbocycles. The second-order valence-corrected chi connectivity index (χ2v) is 4.66. The van der Waals surface area contributed by atoms with Crippen LogP contribution in [0, 0.1) is 5.41 Å². The number of nitrogens with zero attached hydrogens (tertiary/aromatic N) is 2. The number of anilines is 1. The molecule has 1 N–H and O–H groups in total. The third kappa shape index (κ3) is 1.95. The molecule has 1 saturated heterocycles. The summed E-state index contributed by atoms with van der Waals surface area (Å²) in [6.45, 7) is 6.07. The number of hydrogen-bond donors (Lipinski definition) is 1. The summed E-state index contributed by atoms with van der Waals surface area (Å²) in [5.41, 5.74) is 0.215. The SMILES string of the molecule is CC1(C)CCN(c2nc(C(=O)O)co2)C1. The molecule has 0 radical (unpaired) electrons. The van der Waals surface area contributed by atoms with Gasteiger partial charge in [0.1, 0.15) is 6.26 Å². The number of aromatic nitrogens is 1. The zero-order valence-corrected chi connectivity index (χ0v) is 8.86. The molecule has 1 fully saturated rings. The molecule has 1 aliphatic rings. The Morgan fingerprint density at radius 3 is 2.87 bits per heavy atom. The largest absolute Gasteiger partial charge is 0.476 e. The predicted octanol–water partition coefficient (Wildman–Crippen LogP) is 1.61. The first-order valence-electron chi connectivity index (χ1n) is 4.92. The first kappa shape index (κ1) is 10.0. The van der Waals surface area contributed by atoms with Crippen LogP contribution >= 0.6 is 0 Å². The number of carbonyl (C=O) groups is 1. The normalized spacial score (nSPS) is 19.5. The van der Waals surface area contributed by atoms with Crippen LogP contribution in [-0.2, 0) is 0 Å². The van der Waals surface area contributed by atoms with Crippen LogP contribution in [0.4, 0.5) is 6.01 Å². The smallest absolute Gasteiger partial charge is 0.357 e. The Kier molecular flexibility index (Phi) is 2.17. The maximum atomic E-state index is 10.6. The van der Waals surface area contributed by atoms with E-state index >= 15 is 0 Å². The van der Waals surface area contributed by atoms with Gasteiger partial charge in [0.2, 0.25) is 0 Å². The van der Waals surface area contributed by atoms with E-state index in [0.29, 0.717) is 6.01 Å². The number of aromatic carboxylic acids is 1. The summed E-state index contributed by atoms with van der Waals surface area (Å²) < 4.78 is 5.14. The molecule has 0 unspecified atom stereocenters. The fourth-order valence-electron chi connectivity index (χ4n) is 1.78. The van der Waals surface area contributed by atoms with Crippen LogP contribution in [0.5, 0.6) is 0 Å². The zero-order valence-electron chi connectivity index (χ0n) is 8.86. The van der Waals surface area contributed by atoms with Crippen molar-refractivity contribution in [3.63, 3.8) is 0 Å². The molecule has 1 aromatic rings. The van der Waals surface area contributed by atoms with Gasteiger partial charge in [-0.15, -0.1) is 0 Å². The second kappa shape index (κ2) is 3.25. The monoisotopic (exact) mass is 210 g/mol. The quantitative estimate of drug-likeness (QED) is 0.803. The molecule has 2 rings (SSSR count). The summed E-state index contributed by atoms with van der Waals surface area (Å²) in [7, 11) is 0. The van der Waals surface area contributed by atoms with Crippen molar-refractivity contribution in [1.29, 1.82) is 0 Å². The number of carboxylic acid groups (broad SMARTS) is 1. The Balaban J connectivity index is 2.14. The van der Waals surface area contributed by atoms with Crippen LogP contribution in [0.25, 0.3) is 0 Å². The summed E-state index contributed by atoms with van der Waals surface area (Å²) in [6, 6.07) is 0.415. The average Bonchev–Trinajstić information content (AvgIpc) is 2.70. The fraction of sp³-hybridized carbons (Fsp3) is 0.600. The van der Waals surface area contributed by atoms with Crippen molar-refractivity contribution < 1.29 is 14.3 Å². The summed E-state index contributed by atoms with van der Waals surface area (Å²) in [4.78, 5) is 16.5. The van der Waals surface area contributed by atoms with E-state index in [1.165, 1.54) is 6.26 Å². The lowest BCUT2D eigenvalue weighted by atomic mass is 9.93. The number of carboxylic acids is 1. The lowest BCUT2D eigenvalue weighted by Gasteiger charge is -2.17. The Bertz CT molecular complexity index is 384. The van der Waals surface area contributed by atoms with E-state index in [2.05, 4.69) is 18.8 Å². The average molecular weight is 210 g/mol. The third-order valence-corrected chi connectivity index (χ3v) is 2.66. The molecule has 5 nitrogen and oxygen atoms in total. The lowest BCUT2D eigenvalue weighted by molar-refractivity contribution is 0.0690. The van der Waals surface area contributed by atoms with Crippen molar-refractivity contribution in [2.75, 3.05) is 18.0 Å². The van der Waals surface area contributed by atoms with E-state index in [9.17, 15) is 4.79 Å². The van der Waals surface area contributed by atoms with Crippen LogP contribution in [-0.4, -0.2) is 29.1 Å². The third-order valence-electron chi connectivity index (χ3n) is 2.66. The first-order valence-corrected chi connectivity index (χ1v) is 4.92. The van der Waals surface area contributed by atoms with E-state index in [1.54, 1.807) is 0 Å². The predicted molar refractivity (Wildman–Crippen MR) is 54.1 cm³/mol. The standard InChI is InChI=1S/C10H14N2O3/c1-10(2)3-4-12(6-10)9-11-7(5-15-9)8(13)14/h5H,3-4,6H2,1-2H3,(H,13,14). The Morgan fingerprint density at radius 1 is 1.67 bits per heavy atom. The minimum absolute atomic E-state index is 0.0327. The van der Waals surface area contributed by atoms with E-state index in [0.717, 1.165) is 19.5 Å². The highest BCUT2D eigenvalue weighted by molar-refractivity contribution is 5.85. The Labute approximate surface area is 87.7 Å². The maximum Gasteiger partial charge on any atom is 0.357 e. The van der Waals surface area contributed by atoms with E-state index in [4.69, 9.17) is 9.52 Å². The highest BCUT2D eigenvalue weighted by Gasteiger charge is 2.31. The van der Waals surface area contributed by atoms with Gasteiger partial charge >= 0.3 is 5.97 Å². The van der Waals surface area contributed by atoms with E-state index in [-0.39, 0.29) is 11.1 Å². The lowest BCUT2D eigenvalue weighted by Crippen LogP contribution is -2.23. The molecule has 82 valence electrons. The van der Waals surface area contributed by atoms with Crippen molar-refractivity contribution in [2.24, 2.45) is 5.41 Å². The second-order valence-electron chi connectivity index (χ2n) is 4.66. The van der Waals surface area contributed by atoms with E-state index in [1.807, 2.05) is 4.90 Å². The molecular weight excluding hydrogens is 196 g/mol. The van der Waals surface area contributed by atoms with Crippen molar-refractivity contribution in [1.82, 2.24) is 4.98 Å². The minimum Gasteiger partial charge on any atom is -0.476 e. The van der Waals surface area contributed by atoms with Gasteiger partial charge in [-0.05, 0) is 11.8 Å². The topological polar surface area (TPSA) is 66.6 Å². The van der Waals surface area contributed by atoms with E-state index < -0.39 is 5.97 Å². The van der Waals surface area contributed by atoms with Gasteiger partial charge in [0.15, 0.2) is 5.69 Å².